The van der Waals surface area contributed by atoms with Crippen molar-refractivity contribution in [3.05, 3.63) is 0 Å². The lowest BCUT2D eigenvalue weighted by atomic mass is 9.93. The summed E-state index contributed by atoms with van der Waals surface area (Å²) in [4.78, 5) is 0. The Bertz CT molecular complexity index is 236. The highest BCUT2D eigenvalue weighted by molar-refractivity contribution is 5.19. The molecule has 0 unspecified atom stereocenters. The third-order valence-electron chi connectivity index (χ3n) is 3.11. The van der Waals surface area contributed by atoms with Gasteiger partial charge in [0.15, 0.2) is 0 Å². The second kappa shape index (κ2) is 3.13. The van der Waals surface area contributed by atoms with Crippen LogP contribution in [0.4, 0.5) is 0 Å². The molecule has 0 aromatic heterocycles. The molecule has 0 radical (unpaired) electrons. The summed E-state index contributed by atoms with van der Waals surface area (Å²) in [5.41, 5.74) is 4.62. The molecule has 0 amide bonds. The van der Waals surface area contributed by atoms with Crippen molar-refractivity contribution >= 4 is 0 Å². The number of aliphatic hydroxyl groups is 4. The van der Waals surface area contributed by atoms with Crippen LogP contribution in [0.2, 0.25) is 0 Å². The topological polar surface area (TPSA) is 116 Å². The molecule has 1 spiro atoms. The van der Waals surface area contributed by atoms with E-state index >= 15 is 0 Å². The van der Waals surface area contributed by atoms with Gasteiger partial charge in [0.05, 0.1) is 6.61 Å². The number of hydrogen-bond acceptors (Lipinski definition) is 6. The van der Waals surface area contributed by atoms with Crippen molar-refractivity contribution in [3.8, 4) is 0 Å². The molecule has 2 fully saturated rings. The summed E-state index contributed by atoms with van der Waals surface area (Å²) in [6, 6.07) is -0.339. The Morgan fingerprint density at radius 3 is 2.29 bits per heavy atom. The minimum absolute atomic E-state index is 0.339. The summed E-state index contributed by atoms with van der Waals surface area (Å²) in [7, 11) is 0. The second-order valence-corrected chi connectivity index (χ2v) is 4.03. The molecule has 1 saturated heterocycles. The van der Waals surface area contributed by atoms with Crippen LogP contribution in [0.25, 0.3) is 0 Å². The molecular weight excluding hydrogens is 190 g/mol. The van der Waals surface area contributed by atoms with Crippen LogP contribution < -0.4 is 5.73 Å². The van der Waals surface area contributed by atoms with E-state index < -0.39 is 36.6 Å². The van der Waals surface area contributed by atoms with E-state index in [0.29, 0.717) is 6.42 Å². The van der Waals surface area contributed by atoms with E-state index in [1.165, 1.54) is 0 Å². The van der Waals surface area contributed by atoms with Gasteiger partial charge in [0.25, 0.3) is 0 Å². The van der Waals surface area contributed by atoms with Crippen molar-refractivity contribution in [1.82, 2.24) is 0 Å². The molecule has 0 aromatic rings. The van der Waals surface area contributed by atoms with Gasteiger partial charge in [-0.15, -0.1) is 0 Å². The average molecular weight is 205 g/mol. The number of ether oxygens (including phenoxy) is 1. The molecule has 6 heteroatoms. The summed E-state index contributed by atoms with van der Waals surface area (Å²) < 4.78 is 5.31. The van der Waals surface area contributed by atoms with Crippen molar-refractivity contribution in [2.45, 2.75) is 42.5 Å². The van der Waals surface area contributed by atoms with Crippen LogP contribution >= 0.6 is 0 Å². The van der Waals surface area contributed by atoms with Crippen LogP contribution in [0.1, 0.15) is 6.42 Å². The largest absolute Gasteiger partial charge is 0.394 e. The van der Waals surface area contributed by atoms with Gasteiger partial charge >= 0.3 is 0 Å². The standard InChI is InChI=1S/C8H15NO5/c9-4-1-8(4)7(13)6(12)5(11)3(2-10)14-8/h3-7,10-13H,1-2,9H2/t3-,4+,5+,6+,7+,8-/m1/s1. The van der Waals surface area contributed by atoms with E-state index in [1.807, 2.05) is 0 Å². The SMILES string of the molecule is N[C@H]1C[C@@]12O[C@H](CO)[C@H](O)[C@H](O)[C@@H]2O. The number of nitrogens with two attached hydrogens (primary N) is 1. The fourth-order valence-electron chi connectivity index (χ4n) is 2.02. The molecule has 82 valence electrons. The van der Waals surface area contributed by atoms with Gasteiger partial charge in [-0.1, -0.05) is 0 Å². The Morgan fingerprint density at radius 2 is 1.86 bits per heavy atom. The minimum atomic E-state index is -1.31. The number of aliphatic hydroxyl groups excluding tert-OH is 4. The first-order valence-corrected chi connectivity index (χ1v) is 4.61. The molecule has 1 aliphatic carbocycles. The maximum atomic E-state index is 9.63. The Balaban J connectivity index is 2.16. The molecule has 6 atom stereocenters. The second-order valence-electron chi connectivity index (χ2n) is 4.03. The molecule has 0 bridgehead atoms. The van der Waals surface area contributed by atoms with Crippen LogP contribution in [0, 0.1) is 0 Å². The highest BCUT2D eigenvalue weighted by atomic mass is 16.6. The zero-order chi connectivity index (χ0) is 10.5. The summed E-state index contributed by atoms with van der Waals surface area (Å²) >= 11 is 0. The smallest absolute Gasteiger partial charge is 0.114 e. The molecule has 1 aliphatic heterocycles. The summed E-state index contributed by atoms with van der Waals surface area (Å²) in [5.74, 6) is 0. The molecule has 0 aromatic carbocycles. The lowest BCUT2D eigenvalue weighted by Gasteiger charge is -2.41. The van der Waals surface area contributed by atoms with Gasteiger partial charge in [0, 0.05) is 6.04 Å². The van der Waals surface area contributed by atoms with Crippen LogP contribution in [-0.2, 0) is 4.74 Å². The summed E-state index contributed by atoms with van der Waals surface area (Å²) in [6.07, 6.45) is -4.20. The van der Waals surface area contributed by atoms with E-state index in [-0.39, 0.29) is 6.04 Å². The first-order valence-electron chi connectivity index (χ1n) is 4.61. The first-order chi connectivity index (χ1) is 6.53. The van der Waals surface area contributed by atoms with Gasteiger partial charge in [-0.3, -0.25) is 0 Å². The molecule has 2 rings (SSSR count). The predicted octanol–water partition coefficient (Wildman–Crippen LogP) is -3.07. The molecule has 1 heterocycles. The van der Waals surface area contributed by atoms with Crippen molar-refractivity contribution < 1.29 is 25.2 Å². The third-order valence-corrected chi connectivity index (χ3v) is 3.11. The summed E-state index contributed by atoms with van der Waals surface area (Å²) in [5, 5.41) is 37.4. The zero-order valence-electron chi connectivity index (χ0n) is 7.58. The van der Waals surface area contributed by atoms with Crippen LogP contribution in [0.3, 0.4) is 0 Å². The Morgan fingerprint density at radius 1 is 1.29 bits per heavy atom. The molecule has 6 nitrogen and oxygen atoms in total. The Hall–Kier alpha value is -0.240. The molecule has 1 saturated carbocycles. The quantitative estimate of drug-likeness (QED) is 0.310. The minimum Gasteiger partial charge on any atom is -0.394 e. The van der Waals surface area contributed by atoms with Crippen molar-refractivity contribution in [3.63, 3.8) is 0 Å². The van der Waals surface area contributed by atoms with E-state index in [9.17, 15) is 15.3 Å². The molecule has 2 aliphatic rings. The van der Waals surface area contributed by atoms with E-state index in [0.717, 1.165) is 0 Å². The van der Waals surface area contributed by atoms with Gasteiger partial charge in [-0.25, -0.2) is 0 Å². The van der Waals surface area contributed by atoms with Gasteiger partial charge in [0.2, 0.25) is 0 Å². The van der Waals surface area contributed by atoms with Crippen LogP contribution in [0.15, 0.2) is 0 Å². The van der Waals surface area contributed by atoms with E-state index in [2.05, 4.69) is 0 Å². The van der Waals surface area contributed by atoms with Gasteiger partial charge in [-0.2, -0.15) is 0 Å². The first kappa shape index (κ1) is 10.3. The molecule has 6 N–H and O–H groups in total. The van der Waals surface area contributed by atoms with E-state index in [1.54, 1.807) is 0 Å². The Kier molecular flexibility index (Phi) is 2.30. The normalized spacial score (nSPS) is 57.6. The lowest BCUT2D eigenvalue weighted by Crippen LogP contribution is -2.61. The average Bonchev–Trinajstić information content (AvgIpc) is 2.81. The van der Waals surface area contributed by atoms with Crippen molar-refractivity contribution in [2.24, 2.45) is 5.73 Å². The van der Waals surface area contributed by atoms with Crippen molar-refractivity contribution in [1.29, 1.82) is 0 Å². The van der Waals surface area contributed by atoms with Crippen LogP contribution in [0.5, 0.6) is 0 Å². The third kappa shape index (κ3) is 1.19. The van der Waals surface area contributed by atoms with Gasteiger partial charge < -0.3 is 30.9 Å². The zero-order valence-corrected chi connectivity index (χ0v) is 7.58. The highest BCUT2D eigenvalue weighted by Crippen LogP contribution is 2.47. The van der Waals surface area contributed by atoms with Gasteiger partial charge in [-0.05, 0) is 6.42 Å². The number of hydrogen-bond donors (Lipinski definition) is 5. The van der Waals surface area contributed by atoms with E-state index in [4.69, 9.17) is 15.6 Å². The summed E-state index contributed by atoms with van der Waals surface area (Å²) in [6.45, 7) is -0.403. The molecular formula is C8H15NO5. The maximum absolute atomic E-state index is 9.63. The lowest BCUT2D eigenvalue weighted by molar-refractivity contribution is -0.241. The maximum Gasteiger partial charge on any atom is 0.114 e. The Labute approximate surface area is 80.9 Å². The fourth-order valence-corrected chi connectivity index (χ4v) is 2.02. The predicted molar refractivity (Wildman–Crippen MR) is 45.3 cm³/mol. The van der Waals surface area contributed by atoms with Crippen LogP contribution in [-0.4, -0.2) is 63.1 Å². The van der Waals surface area contributed by atoms with Gasteiger partial charge in [0.1, 0.15) is 30.0 Å². The fraction of sp³-hybridized carbons (Fsp3) is 1.00. The highest BCUT2D eigenvalue weighted by Gasteiger charge is 2.65. The molecule has 14 heavy (non-hydrogen) atoms. The number of rotatable bonds is 1. The van der Waals surface area contributed by atoms with Crippen molar-refractivity contribution in [2.75, 3.05) is 6.61 Å². The monoisotopic (exact) mass is 205 g/mol.